The highest BCUT2D eigenvalue weighted by atomic mass is 16.5. The minimum atomic E-state index is -0.315. The number of ether oxygens (including phenoxy) is 1. The van der Waals surface area contributed by atoms with Crippen molar-refractivity contribution in [2.45, 2.75) is 43.2 Å². The van der Waals surface area contributed by atoms with Crippen LogP contribution < -0.4 is 4.74 Å². The quantitative estimate of drug-likeness (QED) is 0.743. The number of hydrogen-bond acceptors (Lipinski definition) is 3. The van der Waals surface area contributed by atoms with Crippen molar-refractivity contribution in [3.63, 3.8) is 0 Å². The molecular weight excluding hydrogens is 278 g/mol. The van der Waals surface area contributed by atoms with Crippen LogP contribution in [0.5, 0.6) is 11.5 Å². The van der Waals surface area contributed by atoms with E-state index in [4.69, 9.17) is 4.74 Å². The van der Waals surface area contributed by atoms with Gasteiger partial charge in [-0.25, -0.2) is 0 Å². The van der Waals surface area contributed by atoms with Crippen LogP contribution in [0.25, 0.3) is 0 Å². The van der Waals surface area contributed by atoms with Gasteiger partial charge in [-0.2, -0.15) is 0 Å². The van der Waals surface area contributed by atoms with Gasteiger partial charge >= 0.3 is 0 Å². The van der Waals surface area contributed by atoms with Gasteiger partial charge in [-0.05, 0) is 18.6 Å². The molecule has 4 heteroatoms. The molecule has 116 valence electrons. The van der Waals surface area contributed by atoms with Gasteiger partial charge in [-0.3, -0.25) is 4.79 Å². The van der Waals surface area contributed by atoms with Crippen LogP contribution in [0.1, 0.15) is 30.4 Å². The van der Waals surface area contributed by atoms with Crippen LogP contribution in [-0.4, -0.2) is 48.2 Å². The molecule has 0 aromatic heterocycles. The monoisotopic (exact) mass is 300 g/mol. The number of nitrogens with zero attached hydrogens (tertiary/aromatic N) is 1. The molecule has 22 heavy (non-hydrogen) atoms. The first kappa shape index (κ1) is 12.9. The Balaban J connectivity index is 1.83. The lowest BCUT2D eigenvalue weighted by Gasteiger charge is -2.59. The van der Waals surface area contributed by atoms with E-state index in [1.165, 1.54) is 5.56 Å². The van der Waals surface area contributed by atoms with Crippen LogP contribution in [0.4, 0.5) is 0 Å². The Kier molecular flexibility index (Phi) is 2.16. The Labute approximate surface area is 130 Å². The smallest absolute Gasteiger partial charge is 0.174 e. The molecule has 2 heterocycles. The zero-order valence-corrected chi connectivity index (χ0v) is 13.1. The van der Waals surface area contributed by atoms with Gasteiger partial charge in [0.2, 0.25) is 0 Å². The molecule has 2 bridgehead atoms. The number of benzene rings is 1. The van der Waals surface area contributed by atoms with Gasteiger partial charge < -0.3 is 14.3 Å². The van der Waals surface area contributed by atoms with E-state index in [2.05, 4.69) is 14.1 Å². The van der Waals surface area contributed by atoms with Gasteiger partial charge in [0.1, 0.15) is 11.5 Å². The van der Waals surface area contributed by atoms with Gasteiger partial charge in [-0.15, -0.1) is 0 Å². The summed E-state index contributed by atoms with van der Waals surface area (Å²) in [6, 6.07) is 4.07. The average Bonchev–Trinajstić information content (AvgIpc) is 2.82. The van der Waals surface area contributed by atoms with Crippen LogP contribution in [0, 0.1) is 5.92 Å². The van der Waals surface area contributed by atoms with Gasteiger partial charge in [-0.1, -0.05) is 0 Å². The Morgan fingerprint density at radius 3 is 3.00 bits per heavy atom. The normalized spacial score (nSPS) is 40.1. The Bertz CT molecular complexity index is 711. The van der Waals surface area contributed by atoms with Gasteiger partial charge in [0.15, 0.2) is 11.9 Å². The number of Topliss-reactive ketones (excluding diaryl/α,β-unsaturated/α-hetero) is 1. The number of phenols is 1. The number of carbonyl (C=O) groups is 1. The van der Waals surface area contributed by atoms with Gasteiger partial charge in [0.05, 0.1) is 32.1 Å². The van der Waals surface area contributed by atoms with Crippen molar-refractivity contribution in [1.29, 1.82) is 0 Å². The fraction of sp³-hybridized carbons (Fsp3) is 0.611. The molecule has 5 rings (SSSR count). The zero-order valence-electron chi connectivity index (χ0n) is 13.1. The zero-order chi connectivity index (χ0) is 15.3. The molecule has 1 saturated carbocycles. The van der Waals surface area contributed by atoms with Gasteiger partial charge in [0.25, 0.3) is 0 Å². The number of quaternary nitrogens is 1. The lowest BCUT2D eigenvalue weighted by atomic mass is 9.51. The molecule has 1 aromatic rings. The summed E-state index contributed by atoms with van der Waals surface area (Å²) >= 11 is 0. The fourth-order valence-corrected chi connectivity index (χ4v) is 5.91. The third-order valence-corrected chi connectivity index (χ3v) is 6.96. The van der Waals surface area contributed by atoms with E-state index in [-0.39, 0.29) is 17.3 Å². The summed E-state index contributed by atoms with van der Waals surface area (Å²) in [6.07, 6.45) is 3.19. The molecule has 2 aliphatic heterocycles. The van der Waals surface area contributed by atoms with Crippen LogP contribution in [-0.2, 0) is 16.6 Å². The largest absolute Gasteiger partial charge is 0.508 e. The maximum absolute atomic E-state index is 12.6. The van der Waals surface area contributed by atoms with Crippen LogP contribution >= 0.6 is 0 Å². The van der Waals surface area contributed by atoms with Crippen molar-refractivity contribution in [3.05, 3.63) is 23.3 Å². The molecule has 1 N–H and O–H groups in total. The summed E-state index contributed by atoms with van der Waals surface area (Å²) in [6.45, 7) is 1.07. The topological polar surface area (TPSA) is 46.5 Å². The fourth-order valence-electron chi connectivity index (χ4n) is 5.91. The molecule has 2 aliphatic carbocycles. The summed E-state index contributed by atoms with van der Waals surface area (Å²) in [5, 5.41) is 10.4. The first-order chi connectivity index (χ1) is 10.4. The van der Waals surface area contributed by atoms with Crippen molar-refractivity contribution in [2.75, 3.05) is 20.6 Å². The van der Waals surface area contributed by atoms with Crippen molar-refractivity contribution < 1.29 is 19.1 Å². The molecule has 3 unspecified atom stereocenters. The minimum Gasteiger partial charge on any atom is -0.508 e. The number of likely N-dealkylation sites (N-methyl/N-ethyl adjacent to an activating group) is 1. The SMILES string of the molecule is C[N+]1(C)CC[C@@]23c4c5ccc(O)c4CC1C2CCC(=O)C3O5. The van der Waals surface area contributed by atoms with Gasteiger partial charge in [0, 0.05) is 36.3 Å². The Morgan fingerprint density at radius 1 is 1.36 bits per heavy atom. The molecule has 1 spiro atoms. The molecule has 4 aliphatic rings. The molecule has 1 saturated heterocycles. The highest BCUT2D eigenvalue weighted by Gasteiger charge is 2.68. The molecule has 2 fully saturated rings. The standard InChI is InChI=1S/C18H21NO3/c1-19(2)8-7-18-11-3-4-14(21)17(18)22-15-6-5-13(20)10(16(15)18)9-12(11)19/h5-6,11-12,17H,3-4,7-9H2,1-2H3/p+1/t11?,12?,17?,18-/m0/s1. The summed E-state index contributed by atoms with van der Waals surface area (Å²) in [5.74, 6) is 1.98. The molecule has 1 aromatic carbocycles. The predicted molar refractivity (Wildman–Crippen MR) is 81.0 cm³/mol. The van der Waals surface area contributed by atoms with E-state index in [0.29, 0.717) is 24.1 Å². The molecular formula is C18H22NO3+. The second-order valence-corrected chi connectivity index (χ2v) is 8.11. The number of rotatable bonds is 0. The third kappa shape index (κ3) is 1.23. The second kappa shape index (κ2) is 3.67. The molecule has 4 nitrogen and oxygen atoms in total. The maximum atomic E-state index is 12.6. The summed E-state index contributed by atoms with van der Waals surface area (Å²) in [5.41, 5.74) is 2.04. The van der Waals surface area contributed by atoms with Crippen LogP contribution in [0.15, 0.2) is 12.1 Å². The average molecular weight is 300 g/mol. The van der Waals surface area contributed by atoms with Crippen molar-refractivity contribution in [1.82, 2.24) is 0 Å². The number of piperidine rings is 1. The van der Waals surface area contributed by atoms with Crippen LogP contribution in [0.2, 0.25) is 0 Å². The van der Waals surface area contributed by atoms with Crippen LogP contribution in [0.3, 0.4) is 0 Å². The second-order valence-electron chi connectivity index (χ2n) is 8.11. The van der Waals surface area contributed by atoms with Crippen molar-refractivity contribution in [3.8, 4) is 11.5 Å². The van der Waals surface area contributed by atoms with E-state index in [9.17, 15) is 9.90 Å². The summed E-state index contributed by atoms with van der Waals surface area (Å²) in [4.78, 5) is 12.6. The first-order valence-electron chi connectivity index (χ1n) is 8.32. The molecule has 0 radical (unpaired) electrons. The predicted octanol–water partition coefficient (Wildman–Crippen LogP) is 1.77. The Morgan fingerprint density at radius 2 is 2.18 bits per heavy atom. The number of hydrogen-bond donors (Lipinski definition) is 1. The van der Waals surface area contributed by atoms with Crippen molar-refractivity contribution >= 4 is 5.78 Å². The highest BCUT2D eigenvalue weighted by molar-refractivity contribution is 5.88. The highest BCUT2D eigenvalue weighted by Crippen LogP contribution is 2.63. The molecule has 0 amide bonds. The summed E-state index contributed by atoms with van der Waals surface area (Å²) in [7, 11) is 4.59. The first-order valence-corrected chi connectivity index (χ1v) is 8.32. The number of aromatic hydroxyl groups is 1. The van der Waals surface area contributed by atoms with E-state index >= 15 is 0 Å². The maximum Gasteiger partial charge on any atom is 0.174 e. The van der Waals surface area contributed by atoms with E-state index in [1.807, 2.05) is 6.07 Å². The minimum absolute atomic E-state index is 0.171. The van der Waals surface area contributed by atoms with E-state index < -0.39 is 0 Å². The number of phenolic OH excluding ortho intramolecular Hbond substituents is 1. The lowest BCUT2D eigenvalue weighted by Crippen LogP contribution is -2.70. The summed E-state index contributed by atoms with van der Waals surface area (Å²) < 4.78 is 7.13. The molecule has 4 atom stereocenters. The number of likely N-dealkylation sites (tertiary alicyclic amines) is 1. The van der Waals surface area contributed by atoms with Crippen molar-refractivity contribution in [2.24, 2.45) is 5.92 Å². The lowest BCUT2D eigenvalue weighted by molar-refractivity contribution is -0.927. The third-order valence-electron chi connectivity index (χ3n) is 6.96. The Hall–Kier alpha value is -1.55. The number of ketones is 1. The van der Waals surface area contributed by atoms with E-state index in [1.54, 1.807) is 6.07 Å². The number of carbonyl (C=O) groups excluding carboxylic acids is 1. The van der Waals surface area contributed by atoms with E-state index in [0.717, 1.165) is 41.6 Å².